The molecule has 9 heteroatoms. The summed E-state index contributed by atoms with van der Waals surface area (Å²) in [5.41, 5.74) is 2.54. The van der Waals surface area contributed by atoms with Crippen LogP contribution in [0.15, 0.2) is 44.5 Å². The van der Waals surface area contributed by atoms with E-state index in [2.05, 4.69) is 15.9 Å². The highest BCUT2D eigenvalue weighted by Crippen LogP contribution is 2.40. The standard InChI is InChI=1S/C21H22BrN3O4S/c1-13(26)24-6-5-15-8-17(22)20(9-19(15)24)30(28,29)23-10-14-7-16(12-23)18-3-2-4-21(27)25(18)11-14/h2-4,8-9,14,16H,5-7,10-12H2,1H3/t14-,16+/m1/s1. The molecular formula is C21H22BrN3O4S. The Morgan fingerprint density at radius 3 is 2.73 bits per heavy atom. The number of halogens is 1. The second-order valence-electron chi connectivity index (χ2n) is 8.35. The van der Waals surface area contributed by atoms with E-state index in [-0.39, 0.29) is 28.2 Å². The summed E-state index contributed by atoms with van der Waals surface area (Å²) >= 11 is 3.45. The molecule has 0 spiro atoms. The molecule has 7 nitrogen and oxygen atoms in total. The third kappa shape index (κ3) is 3.06. The van der Waals surface area contributed by atoms with Crippen LogP contribution in [-0.4, -0.2) is 42.8 Å². The zero-order valence-corrected chi connectivity index (χ0v) is 18.9. The quantitative estimate of drug-likeness (QED) is 0.645. The van der Waals surface area contributed by atoms with Gasteiger partial charge in [-0.15, -0.1) is 0 Å². The van der Waals surface area contributed by atoms with Crippen LogP contribution in [-0.2, 0) is 27.8 Å². The summed E-state index contributed by atoms with van der Waals surface area (Å²) in [4.78, 5) is 26.0. The molecule has 0 radical (unpaired) electrons. The van der Waals surface area contributed by atoms with E-state index in [1.54, 1.807) is 32.0 Å². The minimum atomic E-state index is -3.76. The Balaban J connectivity index is 1.52. The molecule has 5 rings (SSSR count). The Bertz CT molecular complexity index is 1220. The molecule has 2 atom stereocenters. The zero-order valence-electron chi connectivity index (χ0n) is 16.5. The van der Waals surface area contributed by atoms with Crippen molar-refractivity contribution in [1.82, 2.24) is 8.87 Å². The summed E-state index contributed by atoms with van der Waals surface area (Å²) in [7, 11) is -3.76. The van der Waals surface area contributed by atoms with Gasteiger partial charge in [0.1, 0.15) is 0 Å². The first-order valence-electron chi connectivity index (χ1n) is 10.1. The predicted molar refractivity (Wildman–Crippen MR) is 116 cm³/mol. The predicted octanol–water partition coefficient (Wildman–Crippen LogP) is 2.33. The zero-order chi connectivity index (χ0) is 21.2. The summed E-state index contributed by atoms with van der Waals surface area (Å²) in [5, 5.41) is 0. The number of piperidine rings is 1. The minimum absolute atomic E-state index is 0.00287. The number of pyridine rings is 1. The van der Waals surface area contributed by atoms with Gasteiger partial charge in [-0.1, -0.05) is 6.07 Å². The maximum absolute atomic E-state index is 13.6. The maximum atomic E-state index is 13.6. The van der Waals surface area contributed by atoms with Crippen LogP contribution in [0.3, 0.4) is 0 Å². The molecule has 0 aliphatic carbocycles. The summed E-state index contributed by atoms with van der Waals surface area (Å²) in [6.45, 7) is 3.35. The lowest BCUT2D eigenvalue weighted by Gasteiger charge is -2.42. The number of nitrogens with zero attached hydrogens (tertiary/aromatic N) is 3. The van der Waals surface area contributed by atoms with Crippen molar-refractivity contribution in [3.05, 3.63) is 56.4 Å². The maximum Gasteiger partial charge on any atom is 0.250 e. The smallest absolute Gasteiger partial charge is 0.250 e. The van der Waals surface area contributed by atoms with Crippen molar-refractivity contribution < 1.29 is 13.2 Å². The van der Waals surface area contributed by atoms with Crippen LogP contribution >= 0.6 is 15.9 Å². The molecule has 2 bridgehead atoms. The number of benzene rings is 1. The van der Waals surface area contributed by atoms with Crippen LogP contribution in [0.5, 0.6) is 0 Å². The van der Waals surface area contributed by atoms with Crippen molar-refractivity contribution >= 4 is 37.5 Å². The van der Waals surface area contributed by atoms with Crippen molar-refractivity contribution in [3.8, 4) is 0 Å². The van der Waals surface area contributed by atoms with E-state index in [4.69, 9.17) is 0 Å². The van der Waals surface area contributed by atoms with Gasteiger partial charge in [-0.05, 0) is 58.5 Å². The normalized spacial score (nSPS) is 23.2. The molecule has 0 unspecified atom stereocenters. The van der Waals surface area contributed by atoms with Crippen molar-refractivity contribution in [3.63, 3.8) is 0 Å². The monoisotopic (exact) mass is 491 g/mol. The molecule has 0 saturated carbocycles. The van der Waals surface area contributed by atoms with Crippen molar-refractivity contribution in [2.45, 2.75) is 37.1 Å². The summed E-state index contributed by atoms with van der Waals surface area (Å²) in [6.07, 6.45) is 1.60. The van der Waals surface area contributed by atoms with E-state index in [9.17, 15) is 18.0 Å². The van der Waals surface area contributed by atoms with E-state index < -0.39 is 10.0 Å². The van der Waals surface area contributed by atoms with Crippen molar-refractivity contribution in [1.29, 1.82) is 0 Å². The fourth-order valence-electron chi connectivity index (χ4n) is 5.10. The van der Waals surface area contributed by atoms with Crippen LogP contribution < -0.4 is 10.5 Å². The molecule has 1 saturated heterocycles. The fourth-order valence-corrected chi connectivity index (χ4v) is 7.73. The summed E-state index contributed by atoms with van der Waals surface area (Å²) in [5.74, 6) is 0.0186. The first-order valence-corrected chi connectivity index (χ1v) is 12.3. The van der Waals surface area contributed by atoms with Crippen molar-refractivity contribution in [2.24, 2.45) is 5.92 Å². The van der Waals surface area contributed by atoms with Crippen LogP contribution in [0, 0.1) is 5.92 Å². The molecular weight excluding hydrogens is 470 g/mol. The van der Waals surface area contributed by atoms with Gasteiger partial charge in [0.25, 0.3) is 5.56 Å². The number of carbonyl (C=O) groups is 1. The Hall–Kier alpha value is -1.97. The van der Waals surface area contributed by atoms with Gasteiger partial charge in [0, 0.05) is 60.9 Å². The van der Waals surface area contributed by atoms with Gasteiger partial charge in [0.15, 0.2) is 0 Å². The third-order valence-electron chi connectivity index (χ3n) is 6.47. The molecule has 3 aliphatic rings. The average molecular weight is 492 g/mol. The van der Waals surface area contributed by atoms with E-state index in [1.807, 2.05) is 12.1 Å². The lowest BCUT2D eigenvalue weighted by atomic mass is 9.84. The number of hydrogen-bond acceptors (Lipinski definition) is 4. The average Bonchev–Trinajstić information content (AvgIpc) is 3.11. The topological polar surface area (TPSA) is 79.7 Å². The molecule has 30 heavy (non-hydrogen) atoms. The van der Waals surface area contributed by atoms with E-state index >= 15 is 0 Å². The second kappa shape index (κ2) is 7.03. The number of amides is 1. The highest BCUT2D eigenvalue weighted by atomic mass is 79.9. The molecule has 2 aromatic rings. The van der Waals surface area contributed by atoms with E-state index in [1.165, 1.54) is 6.92 Å². The number of sulfonamides is 1. The van der Waals surface area contributed by atoms with Gasteiger partial charge in [-0.3, -0.25) is 9.59 Å². The molecule has 1 amide bonds. The lowest BCUT2D eigenvalue weighted by Crippen LogP contribution is -2.49. The molecule has 0 N–H and O–H groups in total. The first-order chi connectivity index (χ1) is 14.3. The SMILES string of the molecule is CC(=O)N1CCc2cc(Br)c(S(=O)(=O)N3C[C@H]4C[C@@H](C3)c3cccc(=O)n3C4)cc21. The van der Waals surface area contributed by atoms with E-state index in [0.717, 1.165) is 17.7 Å². The second-order valence-corrected chi connectivity index (χ2v) is 11.1. The summed E-state index contributed by atoms with van der Waals surface area (Å²) in [6, 6.07) is 8.68. The van der Waals surface area contributed by atoms with Gasteiger partial charge in [0.05, 0.1) is 4.90 Å². The van der Waals surface area contributed by atoms with Gasteiger partial charge >= 0.3 is 0 Å². The Labute approximate surface area is 183 Å². The Kier molecular flexibility index (Phi) is 4.68. The largest absolute Gasteiger partial charge is 0.312 e. The molecule has 1 fully saturated rings. The highest BCUT2D eigenvalue weighted by molar-refractivity contribution is 9.10. The van der Waals surface area contributed by atoms with E-state index in [0.29, 0.717) is 42.8 Å². The van der Waals surface area contributed by atoms with Crippen LogP contribution in [0.2, 0.25) is 0 Å². The van der Waals surface area contributed by atoms with Gasteiger partial charge in [0.2, 0.25) is 15.9 Å². The Morgan fingerprint density at radius 1 is 1.17 bits per heavy atom. The van der Waals surface area contributed by atoms with Crippen LogP contribution in [0.25, 0.3) is 0 Å². The van der Waals surface area contributed by atoms with Crippen LogP contribution in [0.4, 0.5) is 5.69 Å². The molecule has 4 heterocycles. The van der Waals surface area contributed by atoms with Gasteiger partial charge in [-0.2, -0.15) is 4.31 Å². The Morgan fingerprint density at radius 2 is 1.97 bits per heavy atom. The molecule has 158 valence electrons. The van der Waals surface area contributed by atoms with Gasteiger partial charge < -0.3 is 9.47 Å². The fraction of sp³-hybridized carbons (Fsp3) is 0.429. The first kappa shape index (κ1) is 20.0. The molecule has 1 aromatic carbocycles. The number of fused-ring (bicyclic) bond motifs is 5. The summed E-state index contributed by atoms with van der Waals surface area (Å²) < 4.78 is 31.1. The highest BCUT2D eigenvalue weighted by Gasteiger charge is 2.40. The third-order valence-corrected chi connectivity index (χ3v) is 9.26. The number of aromatic nitrogens is 1. The molecule has 3 aliphatic heterocycles. The number of carbonyl (C=O) groups excluding carboxylic acids is 1. The number of hydrogen-bond donors (Lipinski definition) is 0. The lowest BCUT2D eigenvalue weighted by molar-refractivity contribution is -0.116. The van der Waals surface area contributed by atoms with Gasteiger partial charge in [-0.25, -0.2) is 8.42 Å². The number of anilines is 1. The minimum Gasteiger partial charge on any atom is -0.312 e. The number of rotatable bonds is 2. The van der Waals surface area contributed by atoms with Crippen LogP contribution in [0.1, 0.15) is 30.5 Å². The molecule has 1 aromatic heterocycles. The van der Waals surface area contributed by atoms with Crippen molar-refractivity contribution in [2.75, 3.05) is 24.5 Å².